The number of methoxy groups -OCH3 is 1. The van der Waals surface area contributed by atoms with Crippen molar-refractivity contribution in [3.8, 4) is 0 Å². The van der Waals surface area contributed by atoms with Crippen LogP contribution in [-0.4, -0.2) is 26.2 Å². The van der Waals surface area contributed by atoms with Crippen LogP contribution in [0.15, 0.2) is 30.3 Å². The van der Waals surface area contributed by atoms with E-state index in [1.165, 1.54) is 0 Å². The summed E-state index contributed by atoms with van der Waals surface area (Å²) >= 11 is 0. The van der Waals surface area contributed by atoms with Gasteiger partial charge in [-0.05, 0) is 12.1 Å². The molecule has 76 valence electrons. The fourth-order valence-electron chi connectivity index (χ4n) is 0.958. The lowest BCUT2D eigenvalue weighted by Crippen LogP contribution is -2.39. The number of benzene rings is 1. The summed E-state index contributed by atoms with van der Waals surface area (Å²) in [4.78, 5) is 11.4. The fraction of sp³-hybridized carbons (Fsp3) is 0.300. The molecule has 0 aromatic heterocycles. The van der Waals surface area contributed by atoms with Crippen molar-refractivity contribution in [2.24, 2.45) is 0 Å². The van der Waals surface area contributed by atoms with E-state index in [1.807, 2.05) is 18.2 Å². The minimum absolute atomic E-state index is 0.137. The summed E-state index contributed by atoms with van der Waals surface area (Å²) in [5.74, 6) is -0.137. The first-order valence-electron chi connectivity index (χ1n) is 4.42. The van der Waals surface area contributed by atoms with Crippen LogP contribution in [0.5, 0.6) is 0 Å². The van der Waals surface area contributed by atoms with Crippen LogP contribution in [0.1, 0.15) is 10.4 Å². The Morgan fingerprint density at radius 3 is 2.71 bits per heavy atom. The van der Waals surface area contributed by atoms with Crippen molar-refractivity contribution >= 4 is 5.91 Å². The molecule has 14 heavy (non-hydrogen) atoms. The number of amides is 1. The van der Waals surface area contributed by atoms with Crippen LogP contribution >= 0.6 is 0 Å². The number of hydrogen-bond donors (Lipinski definition) is 2. The van der Waals surface area contributed by atoms with E-state index >= 15 is 0 Å². The Kier molecular flexibility index (Phi) is 4.68. The van der Waals surface area contributed by atoms with Crippen molar-refractivity contribution in [1.29, 1.82) is 0 Å². The van der Waals surface area contributed by atoms with E-state index in [0.717, 1.165) is 0 Å². The maximum absolute atomic E-state index is 11.4. The fourth-order valence-corrected chi connectivity index (χ4v) is 0.958. The Labute approximate surface area is 83.2 Å². The molecular weight excluding hydrogens is 180 g/mol. The minimum atomic E-state index is -0.137. The summed E-state index contributed by atoms with van der Waals surface area (Å²) in [6.07, 6.45) is 0. The lowest BCUT2D eigenvalue weighted by Gasteiger charge is -2.05. The summed E-state index contributed by atoms with van der Waals surface area (Å²) in [5.41, 5.74) is 5.96. The van der Waals surface area contributed by atoms with Crippen LogP contribution < -0.4 is 10.9 Å². The number of carbonyl (C=O) groups is 1. The molecular formula is C10H14N2O2. The molecule has 2 N–H and O–H groups in total. The summed E-state index contributed by atoms with van der Waals surface area (Å²) in [6, 6.07) is 9.03. The average Bonchev–Trinajstić information content (AvgIpc) is 2.25. The lowest BCUT2D eigenvalue weighted by molar-refractivity contribution is 0.0926. The average molecular weight is 194 g/mol. The molecule has 0 bridgehead atoms. The molecule has 0 heterocycles. The van der Waals surface area contributed by atoms with Gasteiger partial charge in [0, 0.05) is 19.2 Å². The predicted molar refractivity (Wildman–Crippen MR) is 53.8 cm³/mol. The molecule has 0 aliphatic rings. The molecule has 0 aliphatic heterocycles. The van der Waals surface area contributed by atoms with Crippen LogP contribution in [-0.2, 0) is 4.74 Å². The molecule has 1 aromatic rings. The third kappa shape index (κ3) is 3.55. The highest BCUT2D eigenvalue weighted by Gasteiger charge is 2.01. The quantitative estimate of drug-likeness (QED) is 0.532. The zero-order valence-electron chi connectivity index (χ0n) is 8.12. The van der Waals surface area contributed by atoms with Crippen LogP contribution in [0.4, 0.5) is 0 Å². The standard InChI is InChI=1S/C10H14N2O2/c1-14-8-7-11-12-10(13)9-5-3-2-4-6-9/h2-6,11H,7-8H2,1H3,(H,12,13). The smallest absolute Gasteiger partial charge is 0.265 e. The molecule has 0 aliphatic carbocycles. The van der Waals surface area contributed by atoms with Gasteiger partial charge in [0.1, 0.15) is 0 Å². The zero-order chi connectivity index (χ0) is 10.2. The van der Waals surface area contributed by atoms with E-state index in [2.05, 4.69) is 10.9 Å². The highest BCUT2D eigenvalue weighted by atomic mass is 16.5. The van der Waals surface area contributed by atoms with Gasteiger partial charge in [-0.15, -0.1) is 0 Å². The molecule has 0 saturated carbocycles. The van der Waals surface area contributed by atoms with E-state index in [0.29, 0.717) is 18.7 Å². The van der Waals surface area contributed by atoms with Gasteiger partial charge in [0.05, 0.1) is 6.61 Å². The Hall–Kier alpha value is -1.39. The molecule has 0 spiro atoms. The number of hydrogen-bond acceptors (Lipinski definition) is 3. The van der Waals surface area contributed by atoms with Crippen LogP contribution in [0.25, 0.3) is 0 Å². The topological polar surface area (TPSA) is 50.4 Å². The second-order valence-corrected chi connectivity index (χ2v) is 2.74. The highest BCUT2D eigenvalue weighted by Crippen LogP contribution is 1.96. The first kappa shape index (κ1) is 10.7. The van der Waals surface area contributed by atoms with Crippen molar-refractivity contribution < 1.29 is 9.53 Å². The van der Waals surface area contributed by atoms with E-state index in [-0.39, 0.29) is 5.91 Å². The van der Waals surface area contributed by atoms with Crippen LogP contribution in [0, 0.1) is 0 Å². The second-order valence-electron chi connectivity index (χ2n) is 2.74. The minimum Gasteiger partial charge on any atom is -0.383 e. The number of nitrogens with one attached hydrogen (secondary N) is 2. The molecule has 0 fully saturated rings. The molecule has 0 saturated heterocycles. The molecule has 1 aromatic carbocycles. The predicted octanol–water partition coefficient (Wildman–Crippen LogP) is 0.567. The summed E-state index contributed by atoms with van der Waals surface area (Å²) in [6.45, 7) is 1.16. The summed E-state index contributed by atoms with van der Waals surface area (Å²) in [7, 11) is 1.61. The van der Waals surface area contributed by atoms with Crippen molar-refractivity contribution in [2.45, 2.75) is 0 Å². The van der Waals surface area contributed by atoms with Gasteiger partial charge >= 0.3 is 0 Å². The van der Waals surface area contributed by atoms with E-state index in [1.54, 1.807) is 19.2 Å². The summed E-state index contributed by atoms with van der Waals surface area (Å²) in [5, 5.41) is 0. The number of hydrazine groups is 1. The van der Waals surface area contributed by atoms with Gasteiger partial charge < -0.3 is 4.74 Å². The lowest BCUT2D eigenvalue weighted by atomic mass is 10.2. The zero-order valence-corrected chi connectivity index (χ0v) is 8.12. The van der Waals surface area contributed by atoms with Crippen molar-refractivity contribution in [3.63, 3.8) is 0 Å². The molecule has 0 unspecified atom stereocenters. The highest BCUT2D eigenvalue weighted by molar-refractivity contribution is 5.93. The molecule has 1 amide bonds. The third-order valence-corrected chi connectivity index (χ3v) is 1.67. The van der Waals surface area contributed by atoms with Gasteiger partial charge in [-0.3, -0.25) is 10.2 Å². The van der Waals surface area contributed by atoms with Crippen molar-refractivity contribution in [3.05, 3.63) is 35.9 Å². The van der Waals surface area contributed by atoms with Crippen LogP contribution in [0.3, 0.4) is 0 Å². The molecule has 0 radical (unpaired) electrons. The maximum Gasteiger partial charge on any atom is 0.265 e. The summed E-state index contributed by atoms with van der Waals surface area (Å²) < 4.78 is 4.82. The number of carbonyl (C=O) groups excluding carboxylic acids is 1. The largest absolute Gasteiger partial charge is 0.383 e. The first-order chi connectivity index (χ1) is 6.84. The van der Waals surface area contributed by atoms with Gasteiger partial charge in [-0.1, -0.05) is 18.2 Å². The van der Waals surface area contributed by atoms with Gasteiger partial charge in [0.15, 0.2) is 0 Å². The molecule has 4 heteroatoms. The number of ether oxygens (including phenoxy) is 1. The molecule has 4 nitrogen and oxygen atoms in total. The van der Waals surface area contributed by atoms with Crippen molar-refractivity contribution in [1.82, 2.24) is 10.9 Å². The van der Waals surface area contributed by atoms with E-state index in [4.69, 9.17) is 4.74 Å². The molecule has 0 atom stereocenters. The van der Waals surface area contributed by atoms with E-state index < -0.39 is 0 Å². The Balaban J connectivity index is 2.29. The number of rotatable bonds is 5. The van der Waals surface area contributed by atoms with Gasteiger partial charge in [-0.25, -0.2) is 5.43 Å². The Bertz CT molecular complexity index is 275. The first-order valence-corrected chi connectivity index (χ1v) is 4.42. The van der Waals surface area contributed by atoms with Crippen LogP contribution in [0.2, 0.25) is 0 Å². The van der Waals surface area contributed by atoms with Gasteiger partial charge in [0.2, 0.25) is 0 Å². The van der Waals surface area contributed by atoms with Gasteiger partial charge in [0.25, 0.3) is 5.91 Å². The second kappa shape index (κ2) is 6.12. The van der Waals surface area contributed by atoms with E-state index in [9.17, 15) is 4.79 Å². The third-order valence-electron chi connectivity index (χ3n) is 1.67. The maximum atomic E-state index is 11.4. The van der Waals surface area contributed by atoms with Crippen molar-refractivity contribution in [2.75, 3.05) is 20.3 Å². The normalized spacial score (nSPS) is 9.79. The monoisotopic (exact) mass is 194 g/mol. The Morgan fingerprint density at radius 2 is 2.07 bits per heavy atom. The Morgan fingerprint density at radius 1 is 1.36 bits per heavy atom. The SMILES string of the molecule is COCCNNC(=O)c1ccccc1. The van der Waals surface area contributed by atoms with Gasteiger partial charge in [-0.2, -0.15) is 0 Å². The molecule has 1 rings (SSSR count).